The van der Waals surface area contributed by atoms with Crippen LogP contribution in [0.2, 0.25) is 5.02 Å². The van der Waals surface area contributed by atoms with Crippen molar-refractivity contribution in [3.05, 3.63) is 33.3 Å². The predicted molar refractivity (Wildman–Crippen MR) is 88.0 cm³/mol. The number of benzene rings is 1. The first-order valence-corrected chi connectivity index (χ1v) is 8.78. The molecule has 0 radical (unpaired) electrons. The van der Waals surface area contributed by atoms with E-state index in [-0.39, 0.29) is 0 Å². The summed E-state index contributed by atoms with van der Waals surface area (Å²) in [5, 5.41) is 0.772. The summed E-state index contributed by atoms with van der Waals surface area (Å²) in [4.78, 5) is 2.66. The molecular formula is C16H22BrClN2. The standard InChI is InChI=1S/C16H22BrClN2/c17-14-9-12(18)6-7-13(14)16(10-19)20-8-2-4-11-3-1-5-15(11)20/h6-7,9,11,15-16H,1-5,8,10,19H2. The van der Waals surface area contributed by atoms with Crippen molar-refractivity contribution in [3.8, 4) is 0 Å². The van der Waals surface area contributed by atoms with E-state index in [1.165, 1.54) is 44.2 Å². The number of likely N-dealkylation sites (tertiary alicyclic amines) is 1. The van der Waals surface area contributed by atoms with Gasteiger partial charge in [0.2, 0.25) is 0 Å². The molecule has 1 aromatic carbocycles. The van der Waals surface area contributed by atoms with Crippen LogP contribution in [0.15, 0.2) is 22.7 Å². The number of hydrogen-bond donors (Lipinski definition) is 1. The third-order valence-electron chi connectivity index (χ3n) is 4.98. The van der Waals surface area contributed by atoms with E-state index in [0.29, 0.717) is 12.6 Å². The smallest absolute Gasteiger partial charge is 0.0484 e. The Labute approximate surface area is 134 Å². The fourth-order valence-electron chi connectivity index (χ4n) is 4.09. The number of nitrogens with zero attached hydrogens (tertiary/aromatic N) is 1. The minimum absolute atomic E-state index is 0.313. The number of fused-ring (bicyclic) bond motifs is 1. The van der Waals surface area contributed by atoms with Crippen molar-refractivity contribution in [2.75, 3.05) is 13.1 Å². The van der Waals surface area contributed by atoms with Gasteiger partial charge in [0.25, 0.3) is 0 Å². The van der Waals surface area contributed by atoms with Crippen LogP contribution >= 0.6 is 27.5 Å². The largest absolute Gasteiger partial charge is 0.329 e. The third-order valence-corrected chi connectivity index (χ3v) is 5.90. The van der Waals surface area contributed by atoms with Crippen LogP contribution in [0.1, 0.15) is 43.7 Å². The third kappa shape index (κ3) is 2.78. The molecule has 3 rings (SSSR count). The number of piperidine rings is 1. The molecule has 2 aliphatic rings. The molecule has 1 aromatic rings. The van der Waals surface area contributed by atoms with Crippen LogP contribution in [0, 0.1) is 5.92 Å². The van der Waals surface area contributed by atoms with Crippen molar-refractivity contribution in [1.29, 1.82) is 0 Å². The molecule has 4 heteroatoms. The van der Waals surface area contributed by atoms with Gasteiger partial charge >= 0.3 is 0 Å². The highest BCUT2D eigenvalue weighted by Gasteiger charge is 2.38. The van der Waals surface area contributed by atoms with E-state index in [2.05, 4.69) is 26.9 Å². The summed E-state index contributed by atoms with van der Waals surface area (Å²) in [6, 6.07) is 7.13. The fourth-order valence-corrected chi connectivity index (χ4v) is 5.04. The Morgan fingerprint density at radius 3 is 2.85 bits per heavy atom. The van der Waals surface area contributed by atoms with Crippen molar-refractivity contribution in [1.82, 2.24) is 4.90 Å². The maximum atomic E-state index is 6.13. The Hall–Kier alpha value is -0.0900. The second-order valence-electron chi connectivity index (χ2n) is 6.06. The summed E-state index contributed by atoms with van der Waals surface area (Å²) in [7, 11) is 0. The van der Waals surface area contributed by atoms with Gasteiger partial charge in [-0.05, 0) is 55.8 Å². The summed E-state index contributed by atoms with van der Waals surface area (Å²) >= 11 is 9.73. The zero-order valence-corrected chi connectivity index (χ0v) is 14.0. The van der Waals surface area contributed by atoms with Gasteiger partial charge in [-0.1, -0.05) is 40.0 Å². The number of rotatable bonds is 3. The van der Waals surface area contributed by atoms with Crippen LogP contribution in [0.5, 0.6) is 0 Å². The van der Waals surface area contributed by atoms with E-state index in [4.69, 9.17) is 17.3 Å². The molecule has 0 amide bonds. The molecule has 0 spiro atoms. The van der Waals surface area contributed by atoms with Crippen LogP contribution in [-0.4, -0.2) is 24.0 Å². The first kappa shape index (κ1) is 14.8. The Bertz CT molecular complexity index is 480. The van der Waals surface area contributed by atoms with Gasteiger partial charge in [-0.15, -0.1) is 0 Å². The van der Waals surface area contributed by atoms with Crippen molar-refractivity contribution in [2.24, 2.45) is 11.7 Å². The Morgan fingerprint density at radius 1 is 1.30 bits per heavy atom. The summed E-state index contributed by atoms with van der Waals surface area (Å²) < 4.78 is 1.08. The Kier molecular flexibility index (Phi) is 4.71. The molecule has 1 saturated carbocycles. The van der Waals surface area contributed by atoms with E-state index in [0.717, 1.165) is 21.5 Å². The van der Waals surface area contributed by atoms with Crippen LogP contribution in [0.4, 0.5) is 0 Å². The molecule has 1 aliphatic heterocycles. The Balaban J connectivity index is 1.88. The van der Waals surface area contributed by atoms with E-state index < -0.39 is 0 Å². The molecule has 2 fully saturated rings. The van der Waals surface area contributed by atoms with Crippen LogP contribution in [0.3, 0.4) is 0 Å². The SMILES string of the molecule is NCC(c1ccc(Cl)cc1Br)N1CCCC2CCCC21. The average Bonchev–Trinajstić information content (AvgIpc) is 2.91. The molecular weight excluding hydrogens is 336 g/mol. The van der Waals surface area contributed by atoms with Crippen molar-refractivity contribution >= 4 is 27.5 Å². The molecule has 1 aliphatic carbocycles. The lowest BCUT2D eigenvalue weighted by Crippen LogP contribution is -2.46. The molecule has 110 valence electrons. The van der Waals surface area contributed by atoms with Gasteiger partial charge in [0.1, 0.15) is 0 Å². The van der Waals surface area contributed by atoms with E-state index in [1.807, 2.05) is 12.1 Å². The van der Waals surface area contributed by atoms with E-state index in [9.17, 15) is 0 Å². The number of halogens is 2. The zero-order valence-electron chi connectivity index (χ0n) is 11.7. The van der Waals surface area contributed by atoms with Crippen LogP contribution in [0.25, 0.3) is 0 Å². The monoisotopic (exact) mass is 356 g/mol. The van der Waals surface area contributed by atoms with Gasteiger partial charge in [0.05, 0.1) is 0 Å². The van der Waals surface area contributed by atoms with Crippen molar-refractivity contribution in [3.63, 3.8) is 0 Å². The van der Waals surface area contributed by atoms with Gasteiger partial charge in [-0.3, -0.25) is 4.90 Å². The molecule has 0 bridgehead atoms. The quantitative estimate of drug-likeness (QED) is 0.870. The first-order valence-electron chi connectivity index (χ1n) is 7.61. The molecule has 3 atom stereocenters. The lowest BCUT2D eigenvalue weighted by Gasteiger charge is -2.43. The fraction of sp³-hybridized carbons (Fsp3) is 0.625. The summed E-state index contributed by atoms with van der Waals surface area (Å²) in [5.41, 5.74) is 7.41. The van der Waals surface area contributed by atoms with Crippen molar-refractivity contribution in [2.45, 2.75) is 44.2 Å². The van der Waals surface area contributed by atoms with E-state index in [1.54, 1.807) is 0 Å². The van der Waals surface area contributed by atoms with Gasteiger partial charge < -0.3 is 5.73 Å². The molecule has 1 saturated heterocycles. The molecule has 0 aromatic heterocycles. The molecule has 1 heterocycles. The first-order chi connectivity index (χ1) is 9.70. The summed E-state index contributed by atoms with van der Waals surface area (Å²) in [5.74, 6) is 0.892. The highest BCUT2D eigenvalue weighted by molar-refractivity contribution is 9.10. The Morgan fingerprint density at radius 2 is 2.10 bits per heavy atom. The molecule has 20 heavy (non-hydrogen) atoms. The van der Waals surface area contributed by atoms with Crippen LogP contribution in [-0.2, 0) is 0 Å². The van der Waals surface area contributed by atoms with Gasteiger partial charge in [0.15, 0.2) is 0 Å². The highest BCUT2D eigenvalue weighted by atomic mass is 79.9. The lowest BCUT2D eigenvalue weighted by molar-refractivity contribution is 0.0698. The summed E-state index contributed by atoms with van der Waals surface area (Å²) in [6.07, 6.45) is 6.83. The molecule has 2 N–H and O–H groups in total. The minimum Gasteiger partial charge on any atom is -0.329 e. The maximum absolute atomic E-state index is 6.13. The second kappa shape index (κ2) is 6.35. The topological polar surface area (TPSA) is 29.3 Å². The maximum Gasteiger partial charge on any atom is 0.0484 e. The number of hydrogen-bond acceptors (Lipinski definition) is 2. The normalized spacial score (nSPS) is 28.4. The highest BCUT2D eigenvalue weighted by Crippen LogP contribution is 2.41. The predicted octanol–water partition coefficient (Wildman–Crippen LogP) is 4.37. The summed E-state index contributed by atoms with van der Waals surface area (Å²) in [6.45, 7) is 1.85. The zero-order chi connectivity index (χ0) is 14.1. The average molecular weight is 358 g/mol. The van der Waals surface area contributed by atoms with Gasteiger partial charge in [0, 0.05) is 28.1 Å². The molecule has 3 unspecified atom stereocenters. The van der Waals surface area contributed by atoms with E-state index >= 15 is 0 Å². The second-order valence-corrected chi connectivity index (χ2v) is 7.35. The lowest BCUT2D eigenvalue weighted by atomic mass is 9.89. The number of nitrogens with two attached hydrogens (primary N) is 1. The minimum atomic E-state index is 0.313. The van der Waals surface area contributed by atoms with Gasteiger partial charge in [-0.25, -0.2) is 0 Å². The molecule has 2 nitrogen and oxygen atoms in total. The van der Waals surface area contributed by atoms with Crippen molar-refractivity contribution < 1.29 is 0 Å². The van der Waals surface area contributed by atoms with Crippen LogP contribution < -0.4 is 5.73 Å². The van der Waals surface area contributed by atoms with Gasteiger partial charge in [-0.2, -0.15) is 0 Å².